The number of ether oxygens (including phenoxy) is 1. The number of carbonyl (C=O) groups excluding carboxylic acids is 1. The molecule has 2 aliphatic heterocycles. The topological polar surface area (TPSA) is 55.9 Å². The zero-order valence-corrected chi connectivity index (χ0v) is 19.6. The smallest absolute Gasteiger partial charge is 0.254 e. The number of nitrogens with zero attached hydrogens (tertiary/aromatic N) is 2. The molecular weight excluding hydrogens is 441 g/mol. The number of methoxy groups -OCH3 is 1. The average molecular weight is 469 g/mol. The highest BCUT2D eigenvalue weighted by Crippen LogP contribution is 2.31. The van der Waals surface area contributed by atoms with Crippen molar-refractivity contribution in [2.75, 3.05) is 7.11 Å². The zero-order chi connectivity index (χ0) is 23.9. The van der Waals surface area contributed by atoms with Crippen molar-refractivity contribution in [3.05, 3.63) is 101 Å². The maximum absolute atomic E-state index is 13.8. The first-order valence-corrected chi connectivity index (χ1v) is 12.1. The van der Waals surface area contributed by atoms with Gasteiger partial charge in [0.05, 0.1) is 7.11 Å². The van der Waals surface area contributed by atoms with Crippen LogP contribution >= 0.6 is 0 Å². The fourth-order valence-electron chi connectivity index (χ4n) is 5.56. The molecule has 5 nitrogen and oxygen atoms in total. The molecule has 6 heteroatoms. The van der Waals surface area contributed by atoms with Crippen LogP contribution in [0.25, 0.3) is 0 Å². The highest BCUT2D eigenvalue weighted by Gasteiger charge is 2.51. The van der Waals surface area contributed by atoms with E-state index < -0.39 is 6.04 Å². The summed E-state index contributed by atoms with van der Waals surface area (Å²) >= 11 is 0. The van der Waals surface area contributed by atoms with Crippen molar-refractivity contribution in [2.45, 2.75) is 43.8 Å². The molecule has 2 heterocycles. The van der Waals surface area contributed by atoms with Gasteiger partial charge in [-0.3, -0.25) is 14.7 Å². The second-order valence-corrected chi connectivity index (χ2v) is 9.42. The highest BCUT2D eigenvalue weighted by molar-refractivity contribution is 6.15. The van der Waals surface area contributed by atoms with Gasteiger partial charge in [0.15, 0.2) is 5.84 Å². The number of hydrogen-bond donors (Lipinski definition) is 1. The Kier molecular flexibility index (Phi) is 5.44. The van der Waals surface area contributed by atoms with Crippen LogP contribution in [0.2, 0.25) is 0 Å². The second-order valence-electron chi connectivity index (χ2n) is 9.42. The SMILES string of the molecule is COc1ccc2c(c1)CCC1C2=[NH+]C(Cc2ccccc2)C2=NC(Cc3ccc(F)cc3)C(=O)N21. The van der Waals surface area contributed by atoms with Crippen LogP contribution in [0.15, 0.2) is 77.8 Å². The minimum atomic E-state index is -0.493. The Morgan fingerprint density at radius 3 is 2.57 bits per heavy atom. The lowest BCUT2D eigenvalue weighted by atomic mass is 9.83. The number of aliphatic imine (C=N–C) groups is 1. The Labute approximate surface area is 204 Å². The quantitative estimate of drug-likeness (QED) is 0.626. The molecule has 3 atom stereocenters. The van der Waals surface area contributed by atoms with Gasteiger partial charge in [-0.05, 0) is 59.9 Å². The monoisotopic (exact) mass is 468 g/mol. The molecule has 3 aromatic carbocycles. The van der Waals surface area contributed by atoms with Crippen molar-refractivity contribution in [1.29, 1.82) is 0 Å². The van der Waals surface area contributed by atoms with Crippen molar-refractivity contribution >= 4 is 17.5 Å². The number of nitrogens with one attached hydrogen (secondary N) is 1. The highest BCUT2D eigenvalue weighted by atomic mass is 19.1. The summed E-state index contributed by atoms with van der Waals surface area (Å²) in [6.07, 6.45) is 2.89. The summed E-state index contributed by atoms with van der Waals surface area (Å²) in [6.45, 7) is 0. The third-order valence-corrected chi connectivity index (χ3v) is 7.26. The molecule has 0 bridgehead atoms. The molecule has 0 spiro atoms. The molecule has 1 amide bonds. The van der Waals surface area contributed by atoms with E-state index in [1.165, 1.54) is 23.3 Å². The zero-order valence-electron chi connectivity index (χ0n) is 19.6. The number of carbonyl (C=O) groups is 1. The van der Waals surface area contributed by atoms with Crippen LogP contribution < -0.4 is 9.73 Å². The lowest BCUT2D eigenvalue weighted by Gasteiger charge is -2.36. The minimum Gasteiger partial charge on any atom is -0.497 e. The van der Waals surface area contributed by atoms with Gasteiger partial charge in [0.25, 0.3) is 5.91 Å². The number of amides is 1. The van der Waals surface area contributed by atoms with Gasteiger partial charge in [-0.2, -0.15) is 0 Å². The van der Waals surface area contributed by atoms with Crippen LogP contribution in [0.5, 0.6) is 5.75 Å². The van der Waals surface area contributed by atoms with Gasteiger partial charge in [-0.1, -0.05) is 42.5 Å². The molecule has 0 fully saturated rings. The maximum atomic E-state index is 13.8. The number of amidine groups is 1. The van der Waals surface area contributed by atoms with Gasteiger partial charge in [-0.15, -0.1) is 0 Å². The van der Waals surface area contributed by atoms with Crippen molar-refractivity contribution in [3.8, 4) is 5.75 Å². The lowest BCUT2D eigenvalue weighted by molar-refractivity contribution is -0.488. The third kappa shape index (κ3) is 3.93. The van der Waals surface area contributed by atoms with Gasteiger partial charge in [0.2, 0.25) is 11.8 Å². The molecule has 1 aliphatic carbocycles. The Hall–Kier alpha value is -3.80. The summed E-state index contributed by atoms with van der Waals surface area (Å²) in [7, 11) is 1.68. The second kappa shape index (κ2) is 8.77. The van der Waals surface area contributed by atoms with E-state index in [2.05, 4.69) is 29.3 Å². The minimum absolute atomic E-state index is 0.0309. The molecule has 3 aromatic rings. The number of halogens is 1. The first-order chi connectivity index (χ1) is 17.1. The summed E-state index contributed by atoms with van der Waals surface area (Å²) in [4.78, 5) is 24.4. The molecule has 0 aromatic heterocycles. The van der Waals surface area contributed by atoms with Crippen molar-refractivity contribution in [3.63, 3.8) is 0 Å². The van der Waals surface area contributed by atoms with Crippen molar-refractivity contribution < 1.29 is 18.9 Å². The Morgan fingerprint density at radius 1 is 1.03 bits per heavy atom. The first kappa shape index (κ1) is 21.7. The molecule has 0 radical (unpaired) electrons. The first-order valence-electron chi connectivity index (χ1n) is 12.1. The summed E-state index contributed by atoms with van der Waals surface area (Å²) in [5.74, 6) is 1.41. The van der Waals surface area contributed by atoms with Crippen LogP contribution in [0, 0.1) is 5.82 Å². The van der Waals surface area contributed by atoms with Gasteiger partial charge < -0.3 is 4.74 Å². The summed E-state index contributed by atoms with van der Waals surface area (Å²) in [5, 5.41) is 0. The van der Waals surface area contributed by atoms with Gasteiger partial charge in [0.1, 0.15) is 23.7 Å². The Bertz CT molecular complexity index is 1330. The summed E-state index contributed by atoms with van der Waals surface area (Å²) in [6, 6.07) is 22.2. The molecule has 6 rings (SSSR count). The average Bonchev–Trinajstić information content (AvgIpc) is 3.22. The van der Waals surface area contributed by atoms with E-state index >= 15 is 0 Å². The third-order valence-electron chi connectivity index (χ3n) is 7.26. The van der Waals surface area contributed by atoms with E-state index in [4.69, 9.17) is 9.73 Å². The van der Waals surface area contributed by atoms with E-state index in [-0.39, 0.29) is 23.8 Å². The molecular formula is C29H27FN3O2+. The summed E-state index contributed by atoms with van der Waals surface area (Å²) in [5.41, 5.74) is 5.56. The molecule has 3 unspecified atom stereocenters. The van der Waals surface area contributed by atoms with Crippen molar-refractivity contribution in [2.24, 2.45) is 4.99 Å². The van der Waals surface area contributed by atoms with Gasteiger partial charge in [0, 0.05) is 18.4 Å². The van der Waals surface area contributed by atoms with E-state index in [1.54, 1.807) is 19.2 Å². The number of aryl methyl sites for hydroxylation is 1. The molecule has 176 valence electrons. The fraction of sp³-hybridized carbons (Fsp3) is 0.276. The lowest BCUT2D eigenvalue weighted by Crippen LogP contribution is -2.90. The van der Waals surface area contributed by atoms with E-state index in [0.29, 0.717) is 6.42 Å². The number of fused-ring (bicyclic) bond motifs is 5. The predicted octanol–water partition coefficient (Wildman–Crippen LogP) is 2.50. The maximum Gasteiger partial charge on any atom is 0.254 e. The van der Waals surface area contributed by atoms with E-state index in [1.807, 2.05) is 29.2 Å². The van der Waals surface area contributed by atoms with Crippen LogP contribution in [-0.2, 0) is 24.1 Å². The van der Waals surface area contributed by atoms with Crippen LogP contribution in [0.4, 0.5) is 4.39 Å². The molecule has 1 N–H and O–H groups in total. The number of benzene rings is 3. The van der Waals surface area contributed by atoms with Gasteiger partial charge in [-0.25, -0.2) is 9.38 Å². The van der Waals surface area contributed by atoms with E-state index in [9.17, 15) is 9.18 Å². The number of hydrogen-bond acceptors (Lipinski definition) is 3. The Morgan fingerprint density at radius 2 is 1.80 bits per heavy atom. The molecule has 3 aliphatic rings. The number of rotatable bonds is 5. The van der Waals surface area contributed by atoms with Crippen LogP contribution in [0.1, 0.15) is 28.7 Å². The Balaban J connectivity index is 1.39. The molecule has 35 heavy (non-hydrogen) atoms. The van der Waals surface area contributed by atoms with Crippen LogP contribution in [-0.4, -0.2) is 47.6 Å². The summed E-state index contributed by atoms with van der Waals surface area (Å²) < 4.78 is 18.9. The van der Waals surface area contributed by atoms with E-state index in [0.717, 1.165) is 47.7 Å². The fourth-order valence-corrected chi connectivity index (χ4v) is 5.56. The van der Waals surface area contributed by atoms with Gasteiger partial charge >= 0.3 is 0 Å². The largest absolute Gasteiger partial charge is 0.497 e. The molecule has 0 saturated heterocycles. The normalized spacial score (nSPS) is 22.6. The predicted molar refractivity (Wildman–Crippen MR) is 132 cm³/mol. The van der Waals surface area contributed by atoms with Crippen LogP contribution in [0.3, 0.4) is 0 Å². The van der Waals surface area contributed by atoms with Crippen molar-refractivity contribution in [1.82, 2.24) is 4.90 Å². The molecule has 0 saturated carbocycles. The standard InChI is InChI=1S/C29H26FN3O2/c1-35-22-12-13-23-20(17-22)9-14-26-27(23)31-24(15-18-5-3-2-4-6-18)28-32-25(29(34)33(26)28)16-19-7-10-21(30)11-8-19/h2-8,10-13,17,24-26H,9,14-16H2,1H3/p+1.